The summed E-state index contributed by atoms with van der Waals surface area (Å²) in [6, 6.07) is 0. The van der Waals surface area contributed by atoms with Crippen LogP contribution in [-0.2, 0) is 33.3 Å². The van der Waals surface area contributed by atoms with Crippen molar-refractivity contribution < 1.29 is 42.9 Å². The summed E-state index contributed by atoms with van der Waals surface area (Å²) in [6.45, 7) is 4.56. The maximum Gasteiger partial charge on any atom is 0.306 e. The molecule has 0 aliphatic rings. The zero-order valence-electron chi connectivity index (χ0n) is 50.0. The average Bonchev–Trinajstić information content (AvgIpc) is 3.41. The minimum Gasteiger partial charge on any atom is -0.545 e. The van der Waals surface area contributed by atoms with Gasteiger partial charge < -0.3 is 33.3 Å². The van der Waals surface area contributed by atoms with Gasteiger partial charge in [0, 0.05) is 12.8 Å². The third kappa shape index (κ3) is 58.8. The molecule has 0 aliphatic heterocycles. The largest absolute Gasteiger partial charge is 0.545 e. The summed E-state index contributed by atoms with van der Waals surface area (Å²) in [5.41, 5.74) is 0. The lowest BCUT2D eigenvalue weighted by molar-refractivity contribution is -0.870. The van der Waals surface area contributed by atoms with E-state index in [-0.39, 0.29) is 38.6 Å². The van der Waals surface area contributed by atoms with Crippen LogP contribution in [0.1, 0.15) is 213 Å². The molecule has 0 amide bonds. The van der Waals surface area contributed by atoms with Crippen molar-refractivity contribution in [2.75, 3.05) is 47.5 Å². The van der Waals surface area contributed by atoms with Crippen LogP contribution in [0.4, 0.5) is 0 Å². The van der Waals surface area contributed by atoms with Crippen LogP contribution < -0.4 is 5.11 Å². The minimum atomic E-state index is -1.64. The van der Waals surface area contributed by atoms with Gasteiger partial charge in [0.25, 0.3) is 0 Å². The topological polar surface area (TPSA) is 111 Å². The number of quaternary nitrogens is 1. The fraction of sp³-hybridized carbons (Fsp3) is 0.609. The Morgan fingerprint density at radius 3 is 1.09 bits per heavy atom. The summed E-state index contributed by atoms with van der Waals surface area (Å²) < 4.78 is 22.6. The van der Waals surface area contributed by atoms with Gasteiger partial charge in [-0.1, -0.05) is 243 Å². The van der Waals surface area contributed by atoms with Crippen molar-refractivity contribution in [3.8, 4) is 0 Å². The van der Waals surface area contributed by atoms with Crippen LogP contribution in [0.25, 0.3) is 0 Å². The molecule has 0 spiro atoms. The Hall–Kier alpha value is -4.83. The molecule has 0 aromatic heterocycles. The predicted octanol–water partition coefficient (Wildman–Crippen LogP) is 17.1. The Bertz CT molecular complexity index is 1780. The van der Waals surface area contributed by atoms with E-state index in [1.165, 1.54) is 70.6 Å². The number of esters is 2. The molecule has 0 saturated heterocycles. The predicted molar refractivity (Wildman–Crippen MR) is 329 cm³/mol. The number of carboxylic acids is 1. The number of hydrogen-bond donors (Lipinski definition) is 0. The maximum absolute atomic E-state index is 12.8. The van der Waals surface area contributed by atoms with Crippen molar-refractivity contribution in [2.45, 2.75) is 225 Å². The molecule has 9 heteroatoms. The van der Waals surface area contributed by atoms with Crippen molar-refractivity contribution in [3.05, 3.63) is 146 Å². The third-order valence-corrected chi connectivity index (χ3v) is 12.4. The number of likely N-dealkylation sites (N-methyl/N-ethyl adjacent to an activating group) is 1. The molecule has 440 valence electrons. The highest BCUT2D eigenvalue weighted by Gasteiger charge is 2.22. The van der Waals surface area contributed by atoms with E-state index >= 15 is 0 Å². The van der Waals surface area contributed by atoms with Gasteiger partial charge in [-0.3, -0.25) is 9.59 Å². The van der Waals surface area contributed by atoms with Crippen molar-refractivity contribution >= 4 is 17.9 Å². The number of carbonyl (C=O) groups excluding carboxylic acids is 3. The summed E-state index contributed by atoms with van der Waals surface area (Å²) in [5.74, 6) is -2.36. The number of hydrogen-bond acceptors (Lipinski definition) is 8. The lowest BCUT2D eigenvalue weighted by Crippen LogP contribution is -2.44. The number of carboxylic acid groups (broad SMARTS) is 1. The molecule has 0 rings (SSSR count). The van der Waals surface area contributed by atoms with Crippen LogP contribution in [0, 0.1) is 0 Å². The van der Waals surface area contributed by atoms with Gasteiger partial charge in [-0.15, -0.1) is 0 Å². The highest BCUT2D eigenvalue weighted by molar-refractivity contribution is 5.70. The number of carbonyl (C=O) groups is 3. The molecule has 0 aliphatic carbocycles. The third-order valence-electron chi connectivity index (χ3n) is 12.4. The lowest BCUT2D eigenvalue weighted by atomic mass is 10.0. The molecule has 2 unspecified atom stereocenters. The second-order valence-corrected chi connectivity index (χ2v) is 20.9. The van der Waals surface area contributed by atoms with E-state index in [1.54, 1.807) is 0 Å². The van der Waals surface area contributed by atoms with Gasteiger partial charge in [0.05, 0.1) is 40.3 Å². The van der Waals surface area contributed by atoms with Gasteiger partial charge in [-0.05, 0) is 103 Å². The molecule has 9 nitrogen and oxygen atoms in total. The molecule has 0 radical (unpaired) electrons. The number of allylic oxidation sites excluding steroid dienone is 24. The van der Waals surface area contributed by atoms with E-state index < -0.39 is 24.3 Å². The molecule has 0 aromatic rings. The number of ether oxygens (including phenoxy) is 4. The first-order valence-corrected chi connectivity index (χ1v) is 30.5. The number of nitrogens with zero attached hydrogens (tertiary/aromatic N) is 1. The van der Waals surface area contributed by atoms with E-state index in [0.29, 0.717) is 17.4 Å². The Kier molecular flexibility index (Phi) is 54.7. The summed E-state index contributed by atoms with van der Waals surface area (Å²) in [7, 11) is 5.89. The first-order valence-electron chi connectivity index (χ1n) is 30.5. The normalized spacial score (nSPS) is 13.8. The smallest absolute Gasteiger partial charge is 0.306 e. The van der Waals surface area contributed by atoms with Gasteiger partial charge in [-0.25, -0.2) is 0 Å². The number of rotatable bonds is 54. The highest BCUT2D eigenvalue weighted by Crippen LogP contribution is 2.14. The molecule has 0 N–H and O–H groups in total. The van der Waals surface area contributed by atoms with Gasteiger partial charge in [0.2, 0.25) is 0 Å². The molecule has 0 heterocycles. The standard InChI is InChI=1S/C69H111NO8/c1-6-8-10-12-14-16-18-20-22-23-24-25-26-27-28-29-30-31-32-33-34-35-36-37-38-39-40-41-42-43-44-45-46-48-50-52-54-56-58-60-67(72)78-65(64-77-69(68(73)74)75-62-61-70(3,4)5)63-76-66(71)59-57-55-53-51-49-47-21-19-17-15-13-11-9-7-2/h8,10,14,16,20,22,24-25,27-28,30-31,33-34,36-37,39-40,42-43,45-46,50,52,65,69H,6-7,9,11-13,15,17-19,21,23,26,29,32,35,38,41,44,47-49,51,53-64H2,1-5H3/b10-8-,16-14-,22-20-,25-24-,28-27-,31-30-,34-33-,37-36-,40-39-,43-42-,46-45-,52-50-. The Balaban J connectivity index is 4.29. The molecule has 2 atom stereocenters. The van der Waals surface area contributed by atoms with Crippen LogP contribution >= 0.6 is 0 Å². The zero-order chi connectivity index (χ0) is 56.9. The van der Waals surface area contributed by atoms with Crippen molar-refractivity contribution in [2.24, 2.45) is 0 Å². The molecule has 78 heavy (non-hydrogen) atoms. The van der Waals surface area contributed by atoms with Crippen molar-refractivity contribution in [1.82, 2.24) is 0 Å². The zero-order valence-corrected chi connectivity index (χ0v) is 50.0. The molecular formula is C69H111NO8. The lowest BCUT2D eigenvalue weighted by Gasteiger charge is -2.26. The minimum absolute atomic E-state index is 0.133. The van der Waals surface area contributed by atoms with E-state index in [0.717, 1.165) is 109 Å². The van der Waals surface area contributed by atoms with Gasteiger partial charge in [0.1, 0.15) is 13.2 Å². The number of aliphatic carboxylic acids is 1. The van der Waals surface area contributed by atoms with E-state index in [4.69, 9.17) is 18.9 Å². The second-order valence-electron chi connectivity index (χ2n) is 20.9. The van der Waals surface area contributed by atoms with Crippen LogP contribution in [0.5, 0.6) is 0 Å². The fourth-order valence-electron chi connectivity index (χ4n) is 7.69. The fourth-order valence-corrected chi connectivity index (χ4v) is 7.69. The van der Waals surface area contributed by atoms with Crippen LogP contribution in [-0.4, -0.2) is 82.3 Å². The Morgan fingerprint density at radius 2 is 0.731 bits per heavy atom. The van der Waals surface area contributed by atoms with Crippen LogP contribution in [0.2, 0.25) is 0 Å². The summed E-state index contributed by atoms with van der Waals surface area (Å²) in [4.78, 5) is 37.2. The maximum atomic E-state index is 12.8. The monoisotopic (exact) mass is 1080 g/mol. The van der Waals surface area contributed by atoms with Crippen molar-refractivity contribution in [1.29, 1.82) is 0 Å². The van der Waals surface area contributed by atoms with Crippen LogP contribution in [0.15, 0.2) is 146 Å². The quantitative estimate of drug-likeness (QED) is 0.0195. The average molecular weight is 1080 g/mol. The first-order chi connectivity index (χ1) is 38.1. The summed E-state index contributed by atoms with van der Waals surface area (Å²) in [6.07, 6.45) is 82.0. The highest BCUT2D eigenvalue weighted by atomic mass is 16.7. The van der Waals surface area contributed by atoms with Crippen LogP contribution in [0.3, 0.4) is 0 Å². The van der Waals surface area contributed by atoms with Gasteiger partial charge in [0.15, 0.2) is 12.4 Å². The van der Waals surface area contributed by atoms with E-state index in [1.807, 2.05) is 21.1 Å². The summed E-state index contributed by atoms with van der Waals surface area (Å²) >= 11 is 0. The molecule has 0 fully saturated rings. The van der Waals surface area contributed by atoms with Gasteiger partial charge in [-0.2, -0.15) is 0 Å². The van der Waals surface area contributed by atoms with E-state index in [9.17, 15) is 19.5 Å². The SMILES string of the molecule is CC/C=C\C/C=C\C/C=C\C/C=C\C/C=C\C/C=C\C/C=C\C/C=C\C/C=C\C/C=C\C/C=C\C/C=C\CCCCC(=O)OC(COC(=O)CCCCCCCCCCCCCCCC)COC(OCC[N+](C)(C)C)C(=O)[O-]. The van der Waals surface area contributed by atoms with Gasteiger partial charge >= 0.3 is 11.9 Å². The van der Waals surface area contributed by atoms with E-state index in [2.05, 4.69) is 160 Å². The molecule has 0 saturated carbocycles. The molecule has 0 aromatic carbocycles. The summed E-state index contributed by atoms with van der Waals surface area (Å²) in [5, 5.41) is 11.8. The van der Waals surface area contributed by atoms with Crippen molar-refractivity contribution in [3.63, 3.8) is 0 Å². The second kappa shape index (κ2) is 58.3. The Labute approximate surface area is 477 Å². The number of unbranched alkanes of at least 4 members (excludes halogenated alkanes) is 15. The molecular weight excluding hydrogens is 971 g/mol. The molecule has 0 bridgehead atoms. The Morgan fingerprint density at radius 1 is 0.397 bits per heavy atom. The first kappa shape index (κ1) is 73.2.